The van der Waals surface area contributed by atoms with Crippen LogP contribution in [-0.2, 0) is 5.60 Å². The van der Waals surface area contributed by atoms with Crippen LogP contribution < -0.4 is 5.73 Å². The zero-order valence-corrected chi connectivity index (χ0v) is 10.1. The Kier molecular flexibility index (Phi) is 2.66. The Hall–Kier alpha value is -1.78. The highest BCUT2D eigenvalue weighted by Crippen LogP contribution is 2.46. The van der Waals surface area contributed by atoms with Crippen molar-refractivity contribution in [1.82, 2.24) is 0 Å². The van der Waals surface area contributed by atoms with Gasteiger partial charge in [-0.15, -0.1) is 0 Å². The fraction of sp³-hybridized carbons (Fsp3) is 0.200. The number of nitrogens with two attached hydrogens (primary N) is 1. The molecule has 3 rings (SSSR count). The molecule has 98 valence electrons. The highest BCUT2D eigenvalue weighted by molar-refractivity contribution is 5.47. The SMILES string of the molecule is NC1CC(O)(c2cc(F)ccc2F)c2ccccc21. The average Bonchev–Trinajstić information content (AvgIpc) is 2.66. The van der Waals surface area contributed by atoms with E-state index in [0.717, 1.165) is 23.8 Å². The summed E-state index contributed by atoms with van der Waals surface area (Å²) in [6.45, 7) is 0. The molecule has 4 heteroatoms. The molecule has 2 nitrogen and oxygen atoms in total. The first-order chi connectivity index (χ1) is 9.02. The molecule has 0 saturated carbocycles. The van der Waals surface area contributed by atoms with Crippen LogP contribution in [0.25, 0.3) is 0 Å². The summed E-state index contributed by atoms with van der Waals surface area (Å²) in [5.74, 6) is -1.21. The standard InChI is InChI=1S/C15H13F2NO/c16-9-5-6-13(17)12(7-9)15(19)8-14(18)10-3-1-2-4-11(10)15/h1-7,14,19H,8,18H2. The number of fused-ring (bicyclic) bond motifs is 1. The molecule has 0 aliphatic heterocycles. The van der Waals surface area contributed by atoms with Gasteiger partial charge in [-0.05, 0) is 29.3 Å². The monoisotopic (exact) mass is 261 g/mol. The Morgan fingerprint density at radius 2 is 1.84 bits per heavy atom. The number of aliphatic hydroxyl groups is 1. The molecule has 0 aromatic heterocycles. The maximum atomic E-state index is 13.9. The molecule has 1 aliphatic rings. The van der Waals surface area contributed by atoms with Gasteiger partial charge in [-0.2, -0.15) is 0 Å². The Balaban J connectivity index is 2.22. The second-order valence-corrected chi connectivity index (χ2v) is 4.88. The highest BCUT2D eigenvalue weighted by atomic mass is 19.1. The number of benzene rings is 2. The van der Waals surface area contributed by atoms with Gasteiger partial charge < -0.3 is 10.8 Å². The predicted molar refractivity (Wildman–Crippen MR) is 67.3 cm³/mol. The van der Waals surface area contributed by atoms with Crippen molar-refractivity contribution in [2.45, 2.75) is 18.1 Å². The van der Waals surface area contributed by atoms with Crippen molar-refractivity contribution >= 4 is 0 Å². The third-order valence-corrected chi connectivity index (χ3v) is 3.70. The van der Waals surface area contributed by atoms with Crippen LogP contribution in [0.3, 0.4) is 0 Å². The normalized spacial score (nSPS) is 25.4. The molecule has 2 aromatic rings. The number of hydrogen-bond donors (Lipinski definition) is 2. The van der Waals surface area contributed by atoms with Crippen molar-refractivity contribution in [2.75, 3.05) is 0 Å². The van der Waals surface area contributed by atoms with Crippen LogP contribution in [-0.4, -0.2) is 5.11 Å². The molecular formula is C15H13F2NO. The van der Waals surface area contributed by atoms with E-state index in [9.17, 15) is 13.9 Å². The minimum atomic E-state index is -1.57. The van der Waals surface area contributed by atoms with Crippen LogP contribution in [0, 0.1) is 11.6 Å². The minimum absolute atomic E-state index is 0.0621. The van der Waals surface area contributed by atoms with E-state index in [1.54, 1.807) is 18.2 Å². The number of hydrogen-bond acceptors (Lipinski definition) is 2. The molecule has 0 heterocycles. The van der Waals surface area contributed by atoms with E-state index in [4.69, 9.17) is 5.73 Å². The van der Waals surface area contributed by atoms with Crippen molar-refractivity contribution in [3.05, 3.63) is 70.8 Å². The molecule has 2 atom stereocenters. The second-order valence-electron chi connectivity index (χ2n) is 4.88. The van der Waals surface area contributed by atoms with Gasteiger partial charge in [-0.3, -0.25) is 0 Å². The van der Waals surface area contributed by atoms with Crippen LogP contribution in [0.2, 0.25) is 0 Å². The Bertz CT molecular complexity index is 644. The lowest BCUT2D eigenvalue weighted by atomic mass is 9.87. The van der Waals surface area contributed by atoms with Crippen molar-refractivity contribution in [3.8, 4) is 0 Å². The number of rotatable bonds is 1. The van der Waals surface area contributed by atoms with E-state index in [2.05, 4.69) is 0 Å². The predicted octanol–water partition coefficient (Wildman–Crippen LogP) is 2.60. The largest absolute Gasteiger partial charge is 0.380 e. The van der Waals surface area contributed by atoms with Gasteiger partial charge in [-0.25, -0.2) is 8.78 Å². The molecule has 2 aromatic carbocycles. The van der Waals surface area contributed by atoms with Gasteiger partial charge >= 0.3 is 0 Å². The quantitative estimate of drug-likeness (QED) is 0.829. The van der Waals surface area contributed by atoms with Crippen LogP contribution in [0.4, 0.5) is 8.78 Å². The van der Waals surface area contributed by atoms with Gasteiger partial charge in [0.2, 0.25) is 0 Å². The van der Waals surface area contributed by atoms with Gasteiger partial charge in [0.1, 0.15) is 17.2 Å². The molecular weight excluding hydrogens is 248 g/mol. The van der Waals surface area contributed by atoms with E-state index < -0.39 is 17.2 Å². The first kappa shape index (κ1) is 12.3. The molecule has 19 heavy (non-hydrogen) atoms. The smallest absolute Gasteiger partial charge is 0.129 e. The maximum absolute atomic E-state index is 13.9. The first-order valence-corrected chi connectivity index (χ1v) is 6.05. The van der Waals surface area contributed by atoms with Gasteiger partial charge in [-0.1, -0.05) is 24.3 Å². The van der Waals surface area contributed by atoms with E-state index in [1.165, 1.54) is 0 Å². The zero-order valence-electron chi connectivity index (χ0n) is 10.1. The van der Waals surface area contributed by atoms with Gasteiger partial charge in [0.15, 0.2) is 0 Å². The van der Waals surface area contributed by atoms with E-state index in [1.807, 2.05) is 6.07 Å². The second kappa shape index (κ2) is 4.11. The summed E-state index contributed by atoms with van der Waals surface area (Å²) >= 11 is 0. The van der Waals surface area contributed by atoms with Gasteiger partial charge in [0.05, 0.1) is 0 Å². The summed E-state index contributed by atoms with van der Waals surface area (Å²) in [5.41, 5.74) is 5.66. The summed E-state index contributed by atoms with van der Waals surface area (Å²) in [5, 5.41) is 10.8. The molecule has 3 N–H and O–H groups in total. The maximum Gasteiger partial charge on any atom is 0.129 e. The Labute approximate surface area is 109 Å². The zero-order chi connectivity index (χ0) is 13.6. The van der Waals surface area contributed by atoms with Crippen molar-refractivity contribution in [2.24, 2.45) is 5.73 Å². The van der Waals surface area contributed by atoms with Gasteiger partial charge in [0.25, 0.3) is 0 Å². The van der Waals surface area contributed by atoms with Crippen LogP contribution in [0.1, 0.15) is 29.2 Å². The molecule has 0 fully saturated rings. The van der Waals surface area contributed by atoms with Crippen molar-refractivity contribution in [1.29, 1.82) is 0 Å². The third kappa shape index (κ3) is 1.76. The lowest BCUT2D eigenvalue weighted by Crippen LogP contribution is -2.26. The third-order valence-electron chi connectivity index (χ3n) is 3.70. The summed E-state index contributed by atoms with van der Waals surface area (Å²) in [7, 11) is 0. The molecule has 0 saturated heterocycles. The molecule has 0 amide bonds. The van der Waals surface area contributed by atoms with Crippen molar-refractivity contribution in [3.63, 3.8) is 0 Å². The van der Waals surface area contributed by atoms with Crippen molar-refractivity contribution < 1.29 is 13.9 Å². The number of halogens is 2. The first-order valence-electron chi connectivity index (χ1n) is 6.05. The summed E-state index contributed by atoms with van der Waals surface area (Å²) < 4.78 is 27.3. The van der Waals surface area contributed by atoms with Crippen LogP contribution in [0.15, 0.2) is 42.5 Å². The molecule has 0 spiro atoms. The lowest BCUT2D eigenvalue weighted by molar-refractivity contribution is 0.0733. The molecule has 2 unspecified atom stereocenters. The van der Waals surface area contributed by atoms with E-state index in [-0.39, 0.29) is 18.0 Å². The lowest BCUT2D eigenvalue weighted by Gasteiger charge is -2.25. The minimum Gasteiger partial charge on any atom is -0.380 e. The van der Waals surface area contributed by atoms with Gasteiger partial charge in [0, 0.05) is 18.0 Å². The van der Waals surface area contributed by atoms with Crippen LogP contribution in [0.5, 0.6) is 0 Å². The fourth-order valence-corrected chi connectivity index (χ4v) is 2.80. The Morgan fingerprint density at radius 3 is 2.63 bits per heavy atom. The summed E-state index contributed by atoms with van der Waals surface area (Å²) in [6, 6.07) is 9.76. The molecule has 0 bridgehead atoms. The Morgan fingerprint density at radius 1 is 1.11 bits per heavy atom. The summed E-state index contributed by atoms with van der Waals surface area (Å²) in [4.78, 5) is 0. The fourth-order valence-electron chi connectivity index (χ4n) is 2.80. The van der Waals surface area contributed by atoms with E-state index in [0.29, 0.717) is 5.56 Å². The summed E-state index contributed by atoms with van der Waals surface area (Å²) in [6.07, 6.45) is 0.146. The van der Waals surface area contributed by atoms with Crippen LogP contribution >= 0.6 is 0 Å². The molecule has 1 aliphatic carbocycles. The van der Waals surface area contributed by atoms with E-state index >= 15 is 0 Å². The topological polar surface area (TPSA) is 46.2 Å². The average molecular weight is 261 g/mol. The highest BCUT2D eigenvalue weighted by Gasteiger charge is 2.43. The molecule has 0 radical (unpaired) electrons.